The van der Waals surface area contributed by atoms with E-state index in [1.807, 2.05) is 0 Å². The second-order valence-electron chi connectivity index (χ2n) is 3.48. The molecular weight excluding hydrogens is 224 g/mol. The largest absolute Gasteiger partial charge is 0.467 e. The molecule has 1 atom stereocenters. The van der Waals surface area contributed by atoms with E-state index in [1.165, 1.54) is 14.0 Å². The summed E-state index contributed by atoms with van der Waals surface area (Å²) in [5.41, 5.74) is 0.682. The van der Waals surface area contributed by atoms with Crippen LogP contribution in [0.15, 0.2) is 24.3 Å². The van der Waals surface area contributed by atoms with Crippen LogP contribution in [0.4, 0.5) is 0 Å². The summed E-state index contributed by atoms with van der Waals surface area (Å²) in [5, 5.41) is 9.46. The van der Waals surface area contributed by atoms with Gasteiger partial charge in [-0.3, -0.25) is 4.79 Å². The van der Waals surface area contributed by atoms with Crippen LogP contribution in [0, 0.1) is 0 Å². The number of rotatable bonds is 4. The van der Waals surface area contributed by atoms with E-state index in [0.717, 1.165) is 0 Å². The van der Waals surface area contributed by atoms with Gasteiger partial charge < -0.3 is 14.6 Å². The van der Waals surface area contributed by atoms with Gasteiger partial charge in [0.05, 0.1) is 7.11 Å². The monoisotopic (exact) mass is 238 g/mol. The zero-order chi connectivity index (χ0) is 12.8. The first kappa shape index (κ1) is 13.2. The summed E-state index contributed by atoms with van der Waals surface area (Å²) in [6.45, 7) is 1.30. The first-order valence-electron chi connectivity index (χ1n) is 5.06. The van der Waals surface area contributed by atoms with Crippen LogP contribution in [-0.2, 0) is 20.7 Å². The number of methoxy groups -OCH3 is 1. The van der Waals surface area contributed by atoms with Crippen molar-refractivity contribution in [2.24, 2.45) is 0 Å². The average Bonchev–Trinajstić information content (AvgIpc) is 2.27. The molecule has 5 heteroatoms. The quantitative estimate of drug-likeness (QED) is 0.617. The van der Waals surface area contributed by atoms with Gasteiger partial charge in [0.1, 0.15) is 5.75 Å². The number of carbonyl (C=O) groups excluding carboxylic acids is 2. The number of esters is 2. The number of aliphatic hydroxyl groups excluding tert-OH is 1. The van der Waals surface area contributed by atoms with Crippen molar-refractivity contribution in [3.05, 3.63) is 29.8 Å². The molecule has 92 valence electrons. The molecule has 0 bridgehead atoms. The van der Waals surface area contributed by atoms with E-state index < -0.39 is 18.0 Å². The van der Waals surface area contributed by atoms with Crippen LogP contribution in [0.25, 0.3) is 0 Å². The molecule has 0 saturated heterocycles. The van der Waals surface area contributed by atoms with Crippen molar-refractivity contribution in [2.45, 2.75) is 19.4 Å². The van der Waals surface area contributed by atoms with E-state index in [1.54, 1.807) is 24.3 Å². The molecule has 0 spiro atoms. The third kappa shape index (κ3) is 4.24. The molecule has 1 N–H and O–H groups in total. The van der Waals surface area contributed by atoms with Crippen molar-refractivity contribution in [2.75, 3.05) is 7.11 Å². The molecule has 0 fully saturated rings. The number of hydrogen-bond acceptors (Lipinski definition) is 5. The highest BCUT2D eigenvalue weighted by atomic mass is 16.5. The molecular formula is C12H14O5. The van der Waals surface area contributed by atoms with Crippen LogP contribution in [0.3, 0.4) is 0 Å². The normalized spacial score (nSPS) is 11.7. The lowest BCUT2D eigenvalue weighted by Crippen LogP contribution is -2.24. The minimum absolute atomic E-state index is 0.113. The molecule has 1 aromatic rings. The summed E-state index contributed by atoms with van der Waals surface area (Å²) in [4.78, 5) is 21.8. The van der Waals surface area contributed by atoms with Gasteiger partial charge in [-0.2, -0.15) is 0 Å². The summed E-state index contributed by atoms with van der Waals surface area (Å²) >= 11 is 0. The molecule has 1 aromatic carbocycles. The van der Waals surface area contributed by atoms with Crippen LogP contribution in [-0.4, -0.2) is 30.3 Å². The van der Waals surface area contributed by atoms with E-state index in [4.69, 9.17) is 4.74 Å². The maximum atomic E-state index is 11.0. The number of ether oxygens (including phenoxy) is 2. The Morgan fingerprint density at radius 1 is 1.41 bits per heavy atom. The zero-order valence-corrected chi connectivity index (χ0v) is 9.67. The molecule has 0 aromatic heterocycles. The fourth-order valence-corrected chi connectivity index (χ4v) is 1.34. The summed E-state index contributed by atoms with van der Waals surface area (Å²) in [6, 6.07) is 6.61. The zero-order valence-electron chi connectivity index (χ0n) is 9.67. The molecule has 17 heavy (non-hydrogen) atoms. The van der Waals surface area contributed by atoms with Gasteiger partial charge in [0, 0.05) is 13.3 Å². The maximum Gasteiger partial charge on any atom is 0.335 e. The van der Waals surface area contributed by atoms with Crippen molar-refractivity contribution in [3.63, 3.8) is 0 Å². The van der Waals surface area contributed by atoms with Crippen LogP contribution in [0.2, 0.25) is 0 Å². The SMILES string of the molecule is COC(=O)C(O)Cc1cccc(OC(C)=O)c1. The molecule has 1 unspecified atom stereocenters. The fourth-order valence-electron chi connectivity index (χ4n) is 1.34. The minimum Gasteiger partial charge on any atom is -0.467 e. The Hall–Kier alpha value is -1.88. The van der Waals surface area contributed by atoms with E-state index in [9.17, 15) is 14.7 Å². The summed E-state index contributed by atoms with van der Waals surface area (Å²) in [6.07, 6.45) is -1.10. The second kappa shape index (κ2) is 6.00. The third-order valence-corrected chi connectivity index (χ3v) is 2.06. The number of aliphatic hydroxyl groups is 1. The van der Waals surface area contributed by atoms with Gasteiger partial charge in [-0.05, 0) is 17.7 Å². The first-order chi connectivity index (χ1) is 8.02. The Kier molecular flexibility index (Phi) is 4.66. The predicted molar refractivity (Wildman–Crippen MR) is 59.5 cm³/mol. The van der Waals surface area contributed by atoms with E-state index in [2.05, 4.69) is 4.74 Å². The molecule has 0 aliphatic heterocycles. The standard InChI is InChI=1S/C12H14O5/c1-8(13)17-10-5-3-4-9(6-10)7-11(14)12(15)16-2/h3-6,11,14H,7H2,1-2H3. The van der Waals surface area contributed by atoms with Crippen LogP contribution >= 0.6 is 0 Å². The van der Waals surface area contributed by atoms with Crippen molar-refractivity contribution in [1.29, 1.82) is 0 Å². The topological polar surface area (TPSA) is 72.8 Å². The lowest BCUT2D eigenvalue weighted by molar-refractivity contribution is -0.150. The molecule has 5 nitrogen and oxygen atoms in total. The van der Waals surface area contributed by atoms with Crippen LogP contribution in [0.1, 0.15) is 12.5 Å². The van der Waals surface area contributed by atoms with Gasteiger partial charge in [-0.15, -0.1) is 0 Å². The van der Waals surface area contributed by atoms with E-state index in [-0.39, 0.29) is 6.42 Å². The number of hydrogen-bond donors (Lipinski definition) is 1. The Morgan fingerprint density at radius 2 is 2.12 bits per heavy atom. The second-order valence-corrected chi connectivity index (χ2v) is 3.48. The van der Waals surface area contributed by atoms with Crippen molar-refractivity contribution >= 4 is 11.9 Å². The maximum absolute atomic E-state index is 11.0. The Labute approximate surface area is 99.0 Å². The highest BCUT2D eigenvalue weighted by Gasteiger charge is 2.16. The fraction of sp³-hybridized carbons (Fsp3) is 0.333. The lowest BCUT2D eigenvalue weighted by atomic mass is 10.1. The Balaban J connectivity index is 2.71. The van der Waals surface area contributed by atoms with E-state index >= 15 is 0 Å². The lowest BCUT2D eigenvalue weighted by Gasteiger charge is -2.09. The summed E-state index contributed by atoms with van der Waals surface area (Å²) in [7, 11) is 1.21. The molecule has 0 amide bonds. The van der Waals surface area contributed by atoms with Gasteiger partial charge in [0.25, 0.3) is 0 Å². The van der Waals surface area contributed by atoms with Gasteiger partial charge in [-0.25, -0.2) is 4.79 Å². The molecule has 0 heterocycles. The van der Waals surface area contributed by atoms with Crippen LogP contribution < -0.4 is 4.74 Å². The summed E-state index contributed by atoms with van der Waals surface area (Å²) < 4.78 is 9.29. The number of carbonyl (C=O) groups is 2. The van der Waals surface area contributed by atoms with Crippen molar-refractivity contribution in [1.82, 2.24) is 0 Å². The molecule has 0 aliphatic carbocycles. The highest BCUT2D eigenvalue weighted by molar-refractivity contribution is 5.74. The van der Waals surface area contributed by atoms with Gasteiger partial charge in [-0.1, -0.05) is 12.1 Å². The van der Waals surface area contributed by atoms with Crippen LogP contribution in [0.5, 0.6) is 5.75 Å². The minimum atomic E-state index is -1.22. The Bertz CT molecular complexity index is 413. The molecule has 0 radical (unpaired) electrons. The predicted octanol–water partition coefficient (Wildman–Crippen LogP) is 0.688. The van der Waals surface area contributed by atoms with Gasteiger partial charge in [0.2, 0.25) is 0 Å². The average molecular weight is 238 g/mol. The molecule has 0 saturated carbocycles. The summed E-state index contributed by atoms with van der Waals surface area (Å²) in [5.74, 6) is -0.731. The molecule has 0 aliphatic rings. The first-order valence-corrected chi connectivity index (χ1v) is 5.06. The molecule has 1 rings (SSSR count). The highest BCUT2D eigenvalue weighted by Crippen LogP contribution is 2.15. The van der Waals surface area contributed by atoms with Crippen molar-refractivity contribution in [3.8, 4) is 5.75 Å². The van der Waals surface area contributed by atoms with Gasteiger partial charge in [0.15, 0.2) is 6.10 Å². The van der Waals surface area contributed by atoms with Crippen molar-refractivity contribution < 1.29 is 24.2 Å². The number of benzene rings is 1. The third-order valence-electron chi connectivity index (χ3n) is 2.06. The van der Waals surface area contributed by atoms with Gasteiger partial charge >= 0.3 is 11.9 Å². The Morgan fingerprint density at radius 3 is 2.71 bits per heavy atom. The smallest absolute Gasteiger partial charge is 0.335 e. The van der Waals surface area contributed by atoms with E-state index in [0.29, 0.717) is 11.3 Å².